The molecule has 0 radical (unpaired) electrons. The fourth-order valence-corrected chi connectivity index (χ4v) is 2.03. The van der Waals surface area contributed by atoms with Gasteiger partial charge in [0.05, 0.1) is 0 Å². The number of hydrogen-bond donors (Lipinski definition) is 0. The van der Waals surface area contributed by atoms with E-state index >= 15 is 0 Å². The Kier molecular flexibility index (Phi) is 3.39. The van der Waals surface area contributed by atoms with E-state index in [0.717, 1.165) is 30.1 Å². The number of hydrogen-bond acceptors (Lipinski definition) is 3. The summed E-state index contributed by atoms with van der Waals surface area (Å²) in [6, 6.07) is 1.74. The van der Waals surface area contributed by atoms with Crippen molar-refractivity contribution in [2.75, 3.05) is 0 Å². The van der Waals surface area contributed by atoms with Crippen molar-refractivity contribution >= 4 is 17.2 Å². The summed E-state index contributed by atoms with van der Waals surface area (Å²) in [4.78, 5) is 4.21. The maximum absolute atomic E-state index is 5.87. The molecule has 0 bridgehead atoms. The van der Waals surface area contributed by atoms with E-state index in [4.69, 9.17) is 11.6 Å². The molecular weight excluding hydrogens is 224 g/mol. The fourth-order valence-electron chi connectivity index (χ4n) is 1.81. The van der Waals surface area contributed by atoms with Crippen LogP contribution < -0.4 is 0 Å². The van der Waals surface area contributed by atoms with Crippen LogP contribution in [-0.4, -0.2) is 19.6 Å². The molecule has 5 heteroatoms. The van der Waals surface area contributed by atoms with Crippen LogP contribution in [0.25, 0.3) is 5.65 Å². The first-order chi connectivity index (χ1) is 7.72. The van der Waals surface area contributed by atoms with Crippen LogP contribution >= 0.6 is 11.6 Å². The van der Waals surface area contributed by atoms with Gasteiger partial charge in [-0.15, -0.1) is 10.2 Å². The Morgan fingerprint density at radius 2 is 2.12 bits per heavy atom. The highest BCUT2D eigenvalue weighted by Crippen LogP contribution is 2.13. The number of unbranched alkanes of at least 4 members (excludes halogenated alkanes) is 2. The lowest BCUT2D eigenvalue weighted by Gasteiger charge is -2.02. The Bertz CT molecular complexity index is 492. The number of aryl methyl sites for hydroxylation is 2. The van der Waals surface area contributed by atoms with Crippen LogP contribution in [0.15, 0.2) is 6.07 Å². The molecule has 2 aromatic heterocycles. The molecule has 4 nitrogen and oxygen atoms in total. The first kappa shape index (κ1) is 11.3. The summed E-state index contributed by atoms with van der Waals surface area (Å²) < 4.78 is 1.97. The van der Waals surface area contributed by atoms with Crippen LogP contribution in [0.3, 0.4) is 0 Å². The van der Waals surface area contributed by atoms with Crippen LogP contribution in [0.1, 0.15) is 37.8 Å². The monoisotopic (exact) mass is 238 g/mol. The second-order valence-electron chi connectivity index (χ2n) is 3.89. The molecule has 0 amide bonds. The molecule has 0 unspecified atom stereocenters. The molecule has 0 fully saturated rings. The van der Waals surface area contributed by atoms with Crippen LogP contribution in [-0.2, 0) is 6.42 Å². The minimum Gasteiger partial charge on any atom is -0.267 e. The Balaban J connectivity index is 2.33. The summed E-state index contributed by atoms with van der Waals surface area (Å²) in [6.07, 6.45) is 4.51. The van der Waals surface area contributed by atoms with E-state index in [1.807, 2.05) is 11.3 Å². The minimum absolute atomic E-state index is 0.470. The lowest BCUT2D eigenvalue weighted by atomic mass is 10.2. The molecule has 86 valence electrons. The smallest absolute Gasteiger partial charge is 0.165 e. The third-order valence-electron chi connectivity index (χ3n) is 2.60. The van der Waals surface area contributed by atoms with Gasteiger partial charge >= 0.3 is 0 Å². The molecule has 0 saturated carbocycles. The number of rotatable bonds is 4. The van der Waals surface area contributed by atoms with Gasteiger partial charge in [-0.3, -0.25) is 4.40 Å². The molecular formula is C11H15ClN4. The number of halogens is 1. The Morgan fingerprint density at radius 3 is 2.88 bits per heavy atom. The summed E-state index contributed by atoms with van der Waals surface area (Å²) >= 11 is 5.87. The molecule has 0 spiro atoms. The van der Waals surface area contributed by atoms with Gasteiger partial charge in [-0.05, 0) is 13.3 Å². The molecule has 0 aliphatic rings. The predicted octanol–water partition coefficient (Wildman–Crippen LogP) is 2.82. The van der Waals surface area contributed by atoms with Gasteiger partial charge in [0.15, 0.2) is 5.65 Å². The normalized spacial score (nSPS) is 11.2. The van der Waals surface area contributed by atoms with Gasteiger partial charge < -0.3 is 0 Å². The molecule has 2 aromatic rings. The van der Waals surface area contributed by atoms with Gasteiger partial charge in [0.25, 0.3) is 0 Å². The molecule has 2 rings (SSSR count). The highest BCUT2D eigenvalue weighted by molar-refractivity contribution is 6.29. The summed E-state index contributed by atoms with van der Waals surface area (Å²) in [5.41, 5.74) is 0.781. The van der Waals surface area contributed by atoms with Crippen LogP contribution in [0.4, 0.5) is 0 Å². The Hall–Kier alpha value is -1.16. The standard InChI is InChI=1S/C11H15ClN4/c1-3-4-5-6-10-14-15-11-7-9(12)13-8(2)16(10)11/h7H,3-6H2,1-2H3. The van der Waals surface area contributed by atoms with Gasteiger partial charge in [-0.2, -0.15) is 0 Å². The van der Waals surface area contributed by atoms with Crippen molar-refractivity contribution in [1.82, 2.24) is 19.6 Å². The predicted molar refractivity (Wildman–Crippen MR) is 63.8 cm³/mol. The third-order valence-corrected chi connectivity index (χ3v) is 2.79. The van der Waals surface area contributed by atoms with Crippen LogP contribution in [0.2, 0.25) is 5.15 Å². The van der Waals surface area contributed by atoms with Gasteiger partial charge in [-0.25, -0.2) is 4.98 Å². The quantitative estimate of drug-likeness (QED) is 0.608. The maximum Gasteiger partial charge on any atom is 0.165 e. The van der Waals surface area contributed by atoms with Crippen LogP contribution in [0, 0.1) is 6.92 Å². The van der Waals surface area contributed by atoms with Crippen molar-refractivity contribution in [3.8, 4) is 0 Å². The van der Waals surface area contributed by atoms with E-state index in [9.17, 15) is 0 Å². The van der Waals surface area contributed by atoms with Gasteiger partial charge in [-0.1, -0.05) is 31.4 Å². The molecule has 16 heavy (non-hydrogen) atoms. The molecule has 0 aliphatic carbocycles. The van der Waals surface area contributed by atoms with Crippen molar-refractivity contribution < 1.29 is 0 Å². The third kappa shape index (κ3) is 2.16. The molecule has 0 aliphatic heterocycles. The van der Waals surface area contributed by atoms with Gasteiger partial charge in [0.2, 0.25) is 0 Å². The Morgan fingerprint density at radius 1 is 1.31 bits per heavy atom. The van der Waals surface area contributed by atoms with Crippen molar-refractivity contribution in [2.24, 2.45) is 0 Å². The SMILES string of the molecule is CCCCCc1nnc2cc(Cl)nc(C)n12. The lowest BCUT2D eigenvalue weighted by Crippen LogP contribution is -2.01. The first-order valence-corrected chi connectivity index (χ1v) is 5.97. The number of nitrogens with zero attached hydrogens (tertiary/aromatic N) is 4. The van der Waals surface area contributed by atoms with E-state index in [1.54, 1.807) is 6.07 Å². The van der Waals surface area contributed by atoms with E-state index in [1.165, 1.54) is 12.8 Å². The molecule has 0 saturated heterocycles. The van der Waals surface area contributed by atoms with Crippen molar-refractivity contribution in [3.63, 3.8) is 0 Å². The molecule has 0 aromatic carbocycles. The minimum atomic E-state index is 0.470. The van der Waals surface area contributed by atoms with Gasteiger partial charge in [0, 0.05) is 12.5 Å². The maximum atomic E-state index is 5.87. The number of aromatic nitrogens is 4. The van der Waals surface area contributed by atoms with Gasteiger partial charge in [0.1, 0.15) is 16.8 Å². The molecule has 2 heterocycles. The summed E-state index contributed by atoms with van der Waals surface area (Å²) in [7, 11) is 0. The first-order valence-electron chi connectivity index (χ1n) is 5.59. The topological polar surface area (TPSA) is 43.1 Å². The highest BCUT2D eigenvalue weighted by atomic mass is 35.5. The van der Waals surface area contributed by atoms with E-state index in [-0.39, 0.29) is 0 Å². The van der Waals surface area contributed by atoms with Crippen molar-refractivity contribution in [3.05, 3.63) is 22.9 Å². The zero-order valence-corrected chi connectivity index (χ0v) is 10.3. The second-order valence-corrected chi connectivity index (χ2v) is 4.28. The largest absolute Gasteiger partial charge is 0.267 e. The average Bonchev–Trinajstić information content (AvgIpc) is 2.62. The highest BCUT2D eigenvalue weighted by Gasteiger charge is 2.09. The van der Waals surface area contributed by atoms with Crippen LogP contribution in [0.5, 0.6) is 0 Å². The zero-order valence-electron chi connectivity index (χ0n) is 9.57. The van der Waals surface area contributed by atoms with Crippen molar-refractivity contribution in [1.29, 1.82) is 0 Å². The van der Waals surface area contributed by atoms with E-state index in [2.05, 4.69) is 22.1 Å². The average molecular weight is 239 g/mol. The summed E-state index contributed by atoms with van der Waals surface area (Å²) in [6.45, 7) is 4.11. The lowest BCUT2D eigenvalue weighted by molar-refractivity contribution is 0.684. The summed E-state index contributed by atoms with van der Waals surface area (Å²) in [5.74, 6) is 1.82. The Labute approximate surface area is 99.7 Å². The molecule has 0 N–H and O–H groups in total. The van der Waals surface area contributed by atoms with E-state index < -0.39 is 0 Å². The number of fused-ring (bicyclic) bond motifs is 1. The zero-order chi connectivity index (χ0) is 11.5. The van der Waals surface area contributed by atoms with Crippen molar-refractivity contribution in [2.45, 2.75) is 39.5 Å². The molecule has 0 atom stereocenters. The summed E-state index contributed by atoms with van der Waals surface area (Å²) in [5, 5.41) is 8.76. The second kappa shape index (κ2) is 4.78. The van der Waals surface area contributed by atoms with E-state index in [0.29, 0.717) is 5.15 Å². The fraction of sp³-hybridized carbons (Fsp3) is 0.545.